The second-order valence-corrected chi connectivity index (χ2v) is 5.09. The summed E-state index contributed by atoms with van der Waals surface area (Å²) in [6, 6.07) is 6.41. The summed E-state index contributed by atoms with van der Waals surface area (Å²) in [7, 11) is 3.68. The van der Waals surface area contributed by atoms with Crippen molar-refractivity contribution in [1.82, 2.24) is 10.2 Å². The van der Waals surface area contributed by atoms with Gasteiger partial charge in [0.15, 0.2) is 0 Å². The lowest BCUT2D eigenvalue weighted by molar-refractivity contribution is -0.0291. The monoisotopic (exact) mass is 264 g/mol. The van der Waals surface area contributed by atoms with Crippen LogP contribution in [0.2, 0.25) is 0 Å². The summed E-state index contributed by atoms with van der Waals surface area (Å²) in [5, 5.41) is 3.18. The van der Waals surface area contributed by atoms with Gasteiger partial charge in [-0.3, -0.25) is 4.90 Å². The fourth-order valence-corrected chi connectivity index (χ4v) is 2.57. The molecule has 0 aliphatic carbocycles. The van der Waals surface area contributed by atoms with E-state index in [-0.39, 0.29) is 0 Å². The quantitative estimate of drug-likeness (QED) is 0.872. The fourth-order valence-electron chi connectivity index (χ4n) is 2.57. The summed E-state index contributed by atoms with van der Waals surface area (Å²) in [6.07, 6.45) is 0.304. The Morgan fingerprint density at radius 3 is 3.00 bits per heavy atom. The van der Waals surface area contributed by atoms with E-state index in [0.29, 0.717) is 6.10 Å². The standard InChI is InChI=1S/C15H24N2O2/c1-12-8-13(4-5-15(12)18-3)10-17-6-7-19-14(11-17)9-16-2/h4-5,8,14,16H,6-7,9-11H2,1-3H3. The smallest absolute Gasteiger partial charge is 0.121 e. The zero-order valence-electron chi connectivity index (χ0n) is 12.1. The van der Waals surface area contributed by atoms with E-state index in [1.807, 2.05) is 7.05 Å². The Morgan fingerprint density at radius 1 is 1.47 bits per heavy atom. The SMILES string of the molecule is CNCC1CN(Cc2ccc(OC)c(C)c2)CCO1. The molecule has 0 aromatic heterocycles. The van der Waals surface area contributed by atoms with Crippen molar-refractivity contribution in [2.45, 2.75) is 19.6 Å². The highest BCUT2D eigenvalue weighted by molar-refractivity contribution is 5.36. The molecule has 2 rings (SSSR count). The topological polar surface area (TPSA) is 33.7 Å². The summed E-state index contributed by atoms with van der Waals surface area (Å²) in [5.41, 5.74) is 2.53. The summed E-state index contributed by atoms with van der Waals surface area (Å²) in [4.78, 5) is 2.45. The van der Waals surface area contributed by atoms with Gasteiger partial charge in [-0.2, -0.15) is 0 Å². The Kier molecular flexibility index (Phi) is 5.19. The molecule has 1 aliphatic heterocycles. The van der Waals surface area contributed by atoms with Gasteiger partial charge < -0.3 is 14.8 Å². The maximum Gasteiger partial charge on any atom is 0.121 e. The van der Waals surface area contributed by atoms with E-state index in [1.165, 1.54) is 11.1 Å². The Balaban J connectivity index is 1.94. The van der Waals surface area contributed by atoms with Crippen molar-refractivity contribution >= 4 is 0 Å². The number of benzene rings is 1. The minimum atomic E-state index is 0.304. The van der Waals surface area contributed by atoms with Crippen molar-refractivity contribution < 1.29 is 9.47 Å². The zero-order chi connectivity index (χ0) is 13.7. The molecule has 1 aliphatic rings. The van der Waals surface area contributed by atoms with Crippen molar-refractivity contribution in [3.05, 3.63) is 29.3 Å². The van der Waals surface area contributed by atoms with Crippen LogP contribution in [0.4, 0.5) is 0 Å². The van der Waals surface area contributed by atoms with E-state index in [1.54, 1.807) is 7.11 Å². The van der Waals surface area contributed by atoms with Crippen LogP contribution in [0.15, 0.2) is 18.2 Å². The molecule has 4 nitrogen and oxygen atoms in total. The third kappa shape index (κ3) is 3.93. The third-order valence-corrected chi connectivity index (χ3v) is 3.52. The number of nitrogens with one attached hydrogen (secondary N) is 1. The van der Waals surface area contributed by atoms with E-state index in [9.17, 15) is 0 Å². The van der Waals surface area contributed by atoms with Crippen LogP contribution in [0, 0.1) is 6.92 Å². The Bertz CT molecular complexity index is 407. The Labute approximate surface area is 115 Å². The first-order valence-electron chi connectivity index (χ1n) is 6.85. The lowest BCUT2D eigenvalue weighted by Crippen LogP contribution is -2.45. The molecule has 0 spiro atoms. The van der Waals surface area contributed by atoms with Gasteiger partial charge in [0.25, 0.3) is 0 Å². The second kappa shape index (κ2) is 6.89. The van der Waals surface area contributed by atoms with Crippen LogP contribution in [-0.2, 0) is 11.3 Å². The van der Waals surface area contributed by atoms with Gasteiger partial charge in [-0.05, 0) is 31.2 Å². The molecule has 1 saturated heterocycles. The van der Waals surface area contributed by atoms with Crippen molar-refractivity contribution in [1.29, 1.82) is 0 Å². The van der Waals surface area contributed by atoms with Gasteiger partial charge in [0, 0.05) is 26.2 Å². The average molecular weight is 264 g/mol. The van der Waals surface area contributed by atoms with Crippen LogP contribution in [0.3, 0.4) is 0 Å². The number of methoxy groups -OCH3 is 1. The highest BCUT2D eigenvalue weighted by atomic mass is 16.5. The maximum absolute atomic E-state index is 5.72. The first kappa shape index (κ1) is 14.3. The molecule has 1 heterocycles. The lowest BCUT2D eigenvalue weighted by Gasteiger charge is -2.33. The van der Waals surface area contributed by atoms with Crippen LogP contribution in [0.25, 0.3) is 0 Å². The first-order valence-corrected chi connectivity index (χ1v) is 6.85. The number of rotatable bonds is 5. The molecule has 1 atom stereocenters. The normalized spacial score (nSPS) is 20.5. The fraction of sp³-hybridized carbons (Fsp3) is 0.600. The van der Waals surface area contributed by atoms with Crippen molar-refractivity contribution in [2.75, 3.05) is 40.4 Å². The minimum absolute atomic E-state index is 0.304. The first-order chi connectivity index (χ1) is 9.22. The summed E-state index contributed by atoms with van der Waals surface area (Å²) in [5.74, 6) is 0.957. The minimum Gasteiger partial charge on any atom is -0.496 e. The molecular formula is C15H24N2O2. The van der Waals surface area contributed by atoms with E-state index < -0.39 is 0 Å². The van der Waals surface area contributed by atoms with Gasteiger partial charge >= 0.3 is 0 Å². The van der Waals surface area contributed by atoms with Crippen LogP contribution in [0.1, 0.15) is 11.1 Å². The van der Waals surface area contributed by atoms with Crippen molar-refractivity contribution in [3.63, 3.8) is 0 Å². The molecule has 1 N–H and O–H groups in total. The highest BCUT2D eigenvalue weighted by Crippen LogP contribution is 2.20. The maximum atomic E-state index is 5.72. The summed E-state index contributed by atoms with van der Waals surface area (Å²) in [6.45, 7) is 6.80. The molecule has 0 radical (unpaired) electrons. The van der Waals surface area contributed by atoms with Crippen LogP contribution in [0.5, 0.6) is 5.75 Å². The Morgan fingerprint density at radius 2 is 2.32 bits per heavy atom. The van der Waals surface area contributed by atoms with Gasteiger partial charge in [-0.25, -0.2) is 0 Å². The molecular weight excluding hydrogens is 240 g/mol. The van der Waals surface area contributed by atoms with Gasteiger partial charge in [0.1, 0.15) is 5.75 Å². The molecule has 1 unspecified atom stereocenters. The number of hydrogen-bond donors (Lipinski definition) is 1. The number of aryl methyl sites for hydroxylation is 1. The van der Waals surface area contributed by atoms with Gasteiger partial charge in [-0.1, -0.05) is 12.1 Å². The average Bonchev–Trinajstić information content (AvgIpc) is 2.40. The summed E-state index contributed by atoms with van der Waals surface area (Å²) < 4.78 is 11.0. The van der Waals surface area contributed by atoms with E-state index in [0.717, 1.165) is 38.5 Å². The van der Waals surface area contributed by atoms with Crippen LogP contribution in [-0.4, -0.2) is 51.4 Å². The van der Waals surface area contributed by atoms with Crippen LogP contribution >= 0.6 is 0 Å². The number of morpholine rings is 1. The zero-order valence-corrected chi connectivity index (χ0v) is 12.1. The van der Waals surface area contributed by atoms with Gasteiger partial charge in [0.05, 0.1) is 19.8 Å². The van der Waals surface area contributed by atoms with Crippen molar-refractivity contribution in [2.24, 2.45) is 0 Å². The Hall–Kier alpha value is -1.10. The third-order valence-electron chi connectivity index (χ3n) is 3.52. The predicted octanol–water partition coefficient (Wildman–Crippen LogP) is 1.42. The number of likely N-dealkylation sites (N-methyl/N-ethyl adjacent to an activating group) is 1. The summed E-state index contributed by atoms with van der Waals surface area (Å²) >= 11 is 0. The number of hydrogen-bond acceptors (Lipinski definition) is 4. The lowest BCUT2D eigenvalue weighted by atomic mass is 10.1. The van der Waals surface area contributed by atoms with Crippen LogP contribution < -0.4 is 10.1 Å². The largest absolute Gasteiger partial charge is 0.496 e. The molecule has 1 fully saturated rings. The molecule has 0 bridgehead atoms. The molecule has 4 heteroatoms. The predicted molar refractivity (Wildman–Crippen MR) is 76.7 cm³/mol. The van der Waals surface area contributed by atoms with Gasteiger partial charge in [0.2, 0.25) is 0 Å². The molecule has 1 aromatic carbocycles. The van der Waals surface area contributed by atoms with Crippen molar-refractivity contribution in [3.8, 4) is 5.75 Å². The molecule has 1 aromatic rings. The van der Waals surface area contributed by atoms with E-state index in [4.69, 9.17) is 9.47 Å². The number of ether oxygens (including phenoxy) is 2. The van der Waals surface area contributed by atoms with Gasteiger partial charge in [-0.15, -0.1) is 0 Å². The molecule has 19 heavy (non-hydrogen) atoms. The van der Waals surface area contributed by atoms with E-state index >= 15 is 0 Å². The molecule has 0 saturated carbocycles. The highest BCUT2D eigenvalue weighted by Gasteiger charge is 2.19. The molecule has 0 amide bonds. The second-order valence-electron chi connectivity index (χ2n) is 5.09. The molecule has 106 valence electrons. The number of nitrogens with zero attached hydrogens (tertiary/aromatic N) is 1. The van der Waals surface area contributed by atoms with E-state index in [2.05, 4.69) is 35.3 Å².